The van der Waals surface area contributed by atoms with E-state index in [9.17, 15) is 9.59 Å². The monoisotopic (exact) mass is 268 g/mol. The molecule has 0 atom stereocenters. The molecule has 6 nitrogen and oxygen atoms in total. The minimum atomic E-state index is -0.289. The number of benzene rings is 1. The first-order valence-electron chi connectivity index (χ1n) is 6.01. The van der Waals surface area contributed by atoms with Gasteiger partial charge in [-0.2, -0.15) is 0 Å². The van der Waals surface area contributed by atoms with Crippen molar-refractivity contribution in [1.29, 1.82) is 0 Å². The molecule has 6 heteroatoms. The lowest BCUT2D eigenvalue weighted by atomic mass is 10.1. The molecule has 3 rings (SSSR count). The second kappa shape index (κ2) is 4.34. The van der Waals surface area contributed by atoms with E-state index in [0.717, 1.165) is 10.6 Å². The quantitative estimate of drug-likeness (QED) is 0.808. The number of fused-ring (bicyclic) bond motifs is 1. The number of aromatic nitrogens is 1. The third-order valence-electron chi connectivity index (χ3n) is 3.16. The molecule has 2 aromatic rings. The van der Waals surface area contributed by atoms with E-state index >= 15 is 0 Å². The van der Waals surface area contributed by atoms with Crippen molar-refractivity contribution in [1.82, 2.24) is 9.88 Å². The van der Waals surface area contributed by atoms with Gasteiger partial charge >= 0.3 is 0 Å². The summed E-state index contributed by atoms with van der Waals surface area (Å²) >= 11 is 0. The largest absolute Gasteiger partial charge is 0.384 e. The zero-order valence-electron chi connectivity index (χ0n) is 10.8. The van der Waals surface area contributed by atoms with Crippen LogP contribution in [0, 0.1) is 0 Å². The van der Waals surface area contributed by atoms with E-state index in [1.807, 2.05) is 0 Å². The highest BCUT2D eigenvalue weighted by Crippen LogP contribution is 2.26. The van der Waals surface area contributed by atoms with Gasteiger partial charge in [-0.1, -0.05) is 0 Å². The van der Waals surface area contributed by atoms with Crippen molar-refractivity contribution in [2.24, 2.45) is 0 Å². The number of anilines is 3. The number of rotatable bonds is 2. The van der Waals surface area contributed by atoms with Gasteiger partial charge in [0.2, 0.25) is 0 Å². The minimum absolute atomic E-state index is 0.273. The summed E-state index contributed by atoms with van der Waals surface area (Å²) in [4.78, 5) is 28.7. The Balaban J connectivity index is 1.95. The number of nitrogen functional groups attached to an aromatic ring is 1. The summed E-state index contributed by atoms with van der Waals surface area (Å²) < 4.78 is 0. The van der Waals surface area contributed by atoms with Crippen LogP contribution in [0.25, 0.3) is 0 Å². The van der Waals surface area contributed by atoms with Crippen LogP contribution in [0.15, 0.2) is 36.5 Å². The molecule has 0 unspecified atom stereocenters. The zero-order valence-corrected chi connectivity index (χ0v) is 10.8. The maximum Gasteiger partial charge on any atom is 0.261 e. The summed E-state index contributed by atoms with van der Waals surface area (Å²) in [5.41, 5.74) is 7.92. The van der Waals surface area contributed by atoms with Crippen LogP contribution < -0.4 is 11.1 Å². The lowest BCUT2D eigenvalue weighted by Crippen LogP contribution is -2.24. The van der Waals surface area contributed by atoms with E-state index < -0.39 is 0 Å². The van der Waals surface area contributed by atoms with Gasteiger partial charge in [0.1, 0.15) is 5.82 Å². The van der Waals surface area contributed by atoms with Gasteiger partial charge in [0.25, 0.3) is 11.8 Å². The van der Waals surface area contributed by atoms with Gasteiger partial charge in [-0.3, -0.25) is 14.5 Å². The van der Waals surface area contributed by atoms with Crippen LogP contribution >= 0.6 is 0 Å². The van der Waals surface area contributed by atoms with Crippen LogP contribution in [0.1, 0.15) is 20.7 Å². The number of pyridine rings is 1. The Hall–Kier alpha value is -2.89. The molecule has 0 spiro atoms. The second-order valence-corrected chi connectivity index (χ2v) is 4.52. The molecule has 1 aromatic heterocycles. The molecule has 2 heterocycles. The number of amides is 2. The summed E-state index contributed by atoms with van der Waals surface area (Å²) in [5, 5.41) is 3.12. The standard InChI is InChI=1S/C14H12N4O2/c1-18-13(19)10-3-2-8(6-11(10)14(18)20)17-9-4-5-16-12(15)7-9/h2-7H,1H3,(H3,15,16,17). The van der Waals surface area contributed by atoms with E-state index in [2.05, 4.69) is 10.3 Å². The Morgan fingerprint density at radius 1 is 1.05 bits per heavy atom. The molecular weight excluding hydrogens is 256 g/mol. The van der Waals surface area contributed by atoms with Gasteiger partial charge in [-0.05, 0) is 24.3 Å². The highest BCUT2D eigenvalue weighted by Gasteiger charge is 2.32. The molecule has 100 valence electrons. The van der Waals surface area contributed by atoms with Crippen LogP contribution in [-0.4, -0.2) is 28.7 Å². The molecule has 1 aliphatic rings. The fourth-order valence-electron chi connectivity index (χ4n) is 2.13. The first kappa shape index (κ1) is 12.2. The van der Waals surface area contributed by atoms with E-state index in [0.29, 0.717) is 22.6 Å². The lowest BCUT2D eigenvalue weighted by Gasteiger charge is -2.07. The van der Waals surface area contributed by atoms with Crippen molar-refractivity contribution >= 4 is 29.0 Å². The van der Waals surface area contributed by atoms with Gasteiger partial charge in [-0.15, -0.1) is 0 Å². The normalized spacial score (nSPS) is 13.6. The summed E-state index contributed by atoms with van der Waals surface area (Å²) in [5.74, 6) is -0.158. The number of imide groups is 1. The third kappa shape index (κ3) is 1.87. The van der Waals surface area contributed by atoms with Gasteiger partial charge in [0.05, 0.1) is 11.1 Å². The number of nitrogens with two attached hydrogens (primary N) is 1. The minimum Gasteiger partial charge on any atom is -0.384 e. The molecule has 2 amide bonds. The topological polar surface area (TPSA) is 88.3 Å². The van der Waals surface area contributed by atoms with E-state index in [1.54, 1.807) is 36.5 Å². The molecule has 3 N–H and O–H groups in total. The highest BCUT2D eigenvalue weighted by molar-refractivity contribution is 6.21. The molecule has 0 bridgehead atoms. The summed E-state index contributed by atoms with van der Waals surface area (Å²) in [6, 6.07) is 8.51. The predicted octanol–water partition coefficient (Wildman–Crippen LogP) is 1.63. The number of hydrogen-bond acceptors (Lipinski definition) is 5. The summed E-state index contributed by atoms with van der Waals surface area (Å²) in [7, 11) is 1.47. The van der Waals surface area contributed by atoms with Gasteiger partial charge < -0.3 is 11.1 Å². The zero-order chi connectivity index (χ0) is 14.3. The van der Waals surface area contributed by atoms with Gasteiger partial charge in [0.15, 0.2) is 0 Å². The first-order valence-corrected chi connectivity index (χ1v) is 6.01. The van der Waals surface area contributed by atoms with Crippen LogP contribution in [-0.2, 0) is 0 Å². The SMILES string of the molecule is CN1C(=O)c2ccc(Nc3ccnc(N)c3)cc2C1=O. The van der Waals surface area contributed by atoms with Gasteiger partial charge in [-0.25, -0.2) is 4.98 Å². The maximum absolute atomic E-state index is 11.9. The second-order valence-electron chi connectivity index (χ2n) is 4.52. The molecular formula is C14H12N4O2. The highest BCUT2D eigenvalue weighted by atomic mass is 16.2. The van der Waals surface area contributed by atoms with E-state index in [4.69, 9.17) is 5.73 Å². The van der Waals surface area contributed by atoms with Crippen LogP contribution in [0.4, 0.5) is 17.2 Å². The molecule has 20 heavy (non-hydrogen) atoms. The number of nitrogens with zero attached hydrogens (tertiary/aromatic N) is 2. The van der Waals surface area contributed by atoms with E-state index in [-0.39, 0.29) is 11.8 Å². The number of carbonyl (C=O) groups is 2. The fourth-order valence-corrected chi connectivity index (χ4v) is 2.13. The number of nitrogens with one attached hydrogen (secondary N) is 1. The Labute approximate surface area is 115 Å². The van der Waals surface area contributed by atoms with Crippen molar-refractivity contribution < 1.29 is 9.59 Å². The maximum atomic E-state index is 11.9. The van der Waals surface area contributed by atoms with Crippen molar-refractivity contribution in [2.75, 3.05) is 18.1 Å². The molecule has 0 saturated carbocycles. The van der Waals surface area contributed by atoms with Crippen molar-refractivity contribution in [3.05, 3.63) is 47.7 Å². The van der Waals surface area contributed by atoms with Crippen molar-refractivity contribution in [3.8, 4) is 0 Å². The number of hydrogen-bond donors (Lipinski definition) is 2. The van der Waals surface area contributed by atoms with Crippen LogP contribution in [0.2, 0.25) is 0 Å². The lowest BCUT2D eigenvalue weighted by molar-refractivity contribution is 0.0693. The summed E-state index contributed by atoms with van der Waals surface area (Å²) in [6.07, 6.45) is 1.59. The third-order valence-corrected chi connectivity index (χ3v) is 3.16. The first-order chi connectivity index (χ1) is 9.56. The van der Waals surface area contributed by atoms with Crippen molar-refractivity contribution in [2.45, 2.75) is 0 Å². The average Bonchev–Trinajstić information content (AvgIpc) is 2.64. The average molecular weight is 268 g/mol. The summed E-state index contributed by atoms with van der Waals surface area (Å²) in [6.45, 7) is 0. The molecule has 1 aromatic carbocycles. The molecule has 0 fully saturated rings. The molecule has 0 saturated heterocycles. The van der Waals surface area contributed by atoms with Crippen LogP contribution in [0.5, 0.6) is 0 Å². The fraction of sp³-hybridized carbons (Fsp3) is 0.0714. The van der Waals surface area contributed by atoms with E-state index in [1.165, 1.54) is 7.05 Å². The smallest absolute Gasteiger partial charge is 0.261 e. The molecule has 0 radical (unpaired) electrons. The Morgan fingerprint density at radius 2 is 1.75 bits per heavy atom. The Morgan fingerprint density at radius 3 is 2.50 bits per heavy atom. The number of carbonyl (C=O) groups excluding carboxylic acids is 2. The Bertz CT molecular complexity index is 727. The van der Waals surface area contributed by atoms with Gasteiger partial charge in [0, 0.05) is 30.7 Å². The van der Waals surface area contributed by atoms with Crippen molar-refractivity contribution in [3.63, 3.8) is 0 Å². The predicted molar refractivity (Wildman–Crippen MR) is 74.8 cm³/mol. The van der Waals surface area contributed by atoms with Crippen LogP contribution in [0.3, 0.4) is 0 Å². The molecule has 1 aliphatic heterocycles. The molecule has 0 aliphatic carbocycles. The Kier molecular flexibility index (Phi) is 2.64.